The zero-order valence-corrected chi connectivity index (χ0v) is 16.3. The van der Waals surface area contributed by atoms with Crippen molar-refractivity contribution in [3.05, 3.63) is 23.8 Å². The smallest absolute Gasteiger partial charge is 0.246 e. The largest absolute Gasteiger partial charge is 0.495 e. The number of morpholine rings is 1. The highest BCUT2D eigenvalue weighted by molar-refractivity contribution is 7.89. The lowest BCUT2D eigenvalue weighted by molar-refractivity contribution is -0.121. The Hall–Kier alpha value is -1.68. The molecule has 1 saturated heterocycles. The van der Waals surface area contributed by atoms with Gasteiger partial charge in [-0.1, -0.05) is 6.07 Å². The molecule has 1 amide bonds. The zero-order chi connectivity index (χ0) is 19.4. The van der Waals surface area contributed by atoms with Crippen molar-refractivity contribution in [2.45, 2.75) is 30.7 Å². The standard InChI is InChI=1S/C17H27N3O5S/c1-17(2,12-18)19-16(21)11-13-4-5-14(24-3)15(10-13)26(22,23)20-6-8-25-9-7-20/h4-5,10H,6-9,11-12,18H2,1-3H3,(H,19,21). The number of carbonyl (C=O) groups is 1. The van der Waals surface area contributed by atoms with Gasteiger partial charge in [-0.15, -0.1) is 0 Å². The number of methoxy groups -OCH3 is 1. The van der Waals surface area contributed by atoms with Crippen LogP contribution in [0.3, 0.4) is 0 Å². The van der Waals surface area contributed by atoms with Gasteiger partial charge >= 0.3 is 0 Å². The highest BCUT2D eigenvalue weighted by Gasteiger charge is 2.29. The van der Waals surface area contributed by atoms with Gasteiger partial charge in [0.1, 0.15) is 10.6 Å². The minimum atomic E-state index is -3.73. The summed E-state index contributed by atoms with van der Waals surface area (Å²) < 4.78 is 37.7. The quantitative estimate of drug-likeness (QED) is 0.689. The molecular formula is C17H27N3O5S. The minimum Gasteiger partial charge on any atom is -0.495 e. The summed E-state index contributed by atoms with van der Waals surface area (Å²) in [6.45, 7) is 5.26. The van der Waals surface area contributed by atoms with Gasteiger partial charge in [-0.25, -0.2) is 8.42 Å². The molecule has 1 aliphatic rings. The molecule has 0 bridgehead atoms. The van der Waals surface area contributed by atoms with E-state index in [1.807, 2.05) is 13.8 Å². The number of nitrogens with zero attached hydrogens (tertiary/aromatic N) is 1. The number of ether oxygens (including phenoxy) is 2. The second-order valence-corrected chi connectivity index (χ2v) is 8.72. The van der Waals surface area contributed by atoms with Crippen LogP contribution in [0.2, 0.25) is 0 Å². The summed E-state index contributed by atoms with van der Waals surface area (Å²) in [6.07, 6.45) is 0.0546. The molecule has 0 aliphatic carbocycles. The Morgan fingerprint density at radius 1 is 1.35 bits per heavy atom. The van der Waals surface area contributed by atoms with Gasteiger partial charge in [0.25, 0.3) is 0 Å². The summed E-state index contributed by atoms with van der Waals surface area (Å²) in [5.41, 5.74) is 5.69. The maximum Gasteiger partial charge on any atom is 0.246 e. The average Bonchev–Trinajstić information content (AvgIpc) is 2.62. The number of rotatable bonds is 7. The van der Waals surface area contributed by atoms with E-state index in [2.05, 4.69) is 5.32 Å². The molecule has 1 heterocycles. The lowest BCUT2D eigenvalue weighted by atomic mass is 10.0. The second kappa shape index (κ2) is 8.34. The molecule has 0 saturated carbocycles. The summed E-state index contributed by atoms with van der Waals surface area (Å²) in [4.78, 5) is 12.3. The summed E-state index contributed by atoms with van der Waals surface area (Å²) in [6, 6.07) is 4.76. The van der Waals surface area contributed by atoms with Crippen LogP contribution in [0.25, 0.3) is 0 Å². The molecule has 1 aromatic carbocycles. The van der Waals surface area contributed by atoms with Crippen LogP contribution in [0, 0.1) is 0 Å². The third-order valence-corrected chi connectivity index (χ3v) is 6.09. The summed E-state index contributed by atoms with van der Waals surface area (Å²) in [7, 11) is -2.31. The number of hydrogen-bond acceptors (Lipinski definition) is 6. The highest BCUT2D eigenvalue weighted by atomic mass is 32.2. The second-order valence-electron chi connectivity index (χ2n) is 6.81. The van der Waals surface area contributed by atoms with E-state index < -0.39 is 15.6 Å². The lowest BCUT2D eigenvalue weighted by Crippen LogP contribution is -2.49. The summed E-state index contributed by atoms with van der Waals surface area (Å²) >= 11 is 0. The van der Waals surface area contributed by atoms with Gasteiger partial charge < -0.3 is 20.5 Å². The Balaban J connectivity index is 2.26. The molecule has 1 aliphatic heterocycles. The number of hydrogen-bond donors (Lipinski definition) is 2. The van der Waals surface area contributed by atoms with E-state index in [9.17, 15) is 13.2 Å². The van der Waals surface area contributed by atoms with Crippen LogP contribution < -0.4 is 15.8 Å². The zero-order valence-electron chi connectivity index (χ0n) is 15.4. The van der Waals surface area contributed by atoms with Gasteiger partial charge in [0, 0.05) is 25.2 Å². The van der Waals surface area contributed by atoms with E-state index >= 15 is 0 Å². The van der Waals surface area contributed by atoms with E-state index in [0.29, 0.717) is 38.4 Å². The molecule has 9 heteroatoms. The van der Waals surface area contributed by atoms with Gasteiger partial charge in [-0.05, 0) is 31.5 Å². The maximum atomic E-state index is 13.0. The van der Waals surface area contributed by atoms with Crippen LogP contribution in [0.4, 0.5) is 0 Å². The molecule has 1 fully saturated rings. The van der Waals surface area contributed by atoms with Crippen molar-refractivity contribution < 1.29 is 22.7 Å². The molecule has 0 unspecified atom stereocenters. The third-order valence-electron chi connectivity index (χ3n) is 4.17. The molecule has 0 aromatic heterocycles. The van der Waals surface area contributed by atoms with Gasteiger partial charge in [0.15, 0.2) is 0 Å². The first-order chi connectivity index (χ1) is 12.2. The summed E-state index contributed by atoms with van der Waals surface area (Å²) in [5, 5.41) is 2.83. The summed E-state index contributed by atoms with van der Waals surface area (Å²) in [5.74, 6) is 0.0308. The molecule has 0 atom stereocenters. The Morgan fingerprint density at radius 3 is 2.58 bits per heavy atom. The van der Waals surface area contributed by atoms with Crippen molar-refractivity contribution in [2.24, 2.45) is 5.73 Å². The van der Waals surface area contributed by atoms with E-state index in [-0.39, 0.29) is 23.0 Å². The molecule has 2 rings (SSSR count). The Bertz CT molecular complexity index is 743. The molecule has 0 radical (unpaired) electrons. The van der Waals surface area contributed by atoms with Gasteiger partial charge in [-0.2, -0.15) is 4.31 Å². The molecule has 1 aromatic rings. The van der Waals surface area contributed by atoms with Gasteiger partial charge in [0.05, 0.1) is 26.7 Å². The van der Waals surface area contributed by atoms with Crippen LogP contribution in [0.5, 0.6) is 5.75 Å². The molecule has 3 N–H and O–H groups in total. The van der Waals surface area contributed by atoms with Crippen LogP contribution in [-0.4, -0.2) is 64.1 Å². The highest BCUT2D eigenvalue weighted by Crippen LogP contribution is 2.28. The number of nitrogens with one attached hydrogen (secondary N) is 1. The van der Waals surface area contributed by atoms with E-state index in [1.54, 1.807) is 12.1 Å². The fraction of sp³-hybridized carbons (Fsp3) is 0.588. The predicted octanol–water partition coefficient (Wildman–Crippen LogP) is 0.112. The number of carbonyl (C=O) groups excluding carboxylic acids is 1. The van der Waals surface area contributed by atoms with E-state index in [1.165, 1.54) is 17.5 Å². The lowest BCUT2D eigenvalue weighted by Gasteiger charge is -2.27. The molecule has 8 nitrogen and oxygen atoms in total. The van der Waals surface area contributed by atoms with Crippen molar-refractivity contribution >= 4 is 15.9 Å². The number of nitrogens with two attached hydrogens (primary N) is 1. The number of benzene rings is 1. The van der Waals surface area contributed by atoms with Crippen molar-refractivity contribution in [1.29, 1.82) is 0 Å². The van der Waals surface area contributed by atoms with Gasteiger partial charge in [-0.3, -0.25) is 4.79 Å². The molecular weight excluding hydrogens is 358 g/mol. The topological polar surface area (TPSA) is 111 Å². The first kappa shape index (κ1) is 20.6. The van der Waals surface area contributed by atoms with Crippen LogP contribution in [0.15, 0.2) is 23.1 Å². The fourth-order valence-electron chi connectivity index (χ4n) is 2.62. The average molecular weight is 385 g/mol. The predicted molar refractivity (Wildman–Crippen MR) is 97.6 cm³/mol. The Labute approximate surface area is 154 Å². The number of amides is 1. The van der Waals surface area contributed by atoms with Crippen molar-refractivity contribution in [3.63, 3.8) is 0 Å². The Kier molecular flexibility index (Phi) is 6.62. The normalized spacial score (nSPS) is 16.3. The van der Waals surface area contributed by atoms with Crippen molar-refractivity contribution in [3.8, 4) is 5.75 Å². The number of sulfonamides is 1. The van der Waals surface area contributed by atoms with Crippen LogP contribution >= 0.6 is 0 Å². The maximum absolute atomic E-state index is 13.0. The first-order valence-corrected chi connectivity index (χ1v) is 9.89. The molecule has 26 heavy (non-hydrogen) atoms. The fourth-order valence-corrected chi connectivity index (χ4v) is 4.23. The van der Waals surface area contributed by atoms with E-state index in [4.69, 9.17) is 15.2 Å². The SMILES string of the molecule is COc1ccc(CC(=O)NC(C)(C)CN)cc1S(=O)(=O)N1CCOCC1. The first-order valence-electron chi connectivity index (χ1n) is 8.45. The van der Waals surface area contributed by atoms with Gasteiger partial charge in [0.2, 0.25) is 15.9 Å². The monoisotopic (exact) mass is 385 g/mol. The van der Waals surface area contributed by atoms with Crippen LogP contribution in [-0.2, 0) is 26.0 Å². The Morgan fingerprint density at radius 2 is 2.00 bits per heavy atom. The van der Waals surface area contributed by atoms with E-state index in [0.717, 1.165) is 0 Å². The molecule has 0 spiro atoms. The van der Waals surface area contributed by atoms with Crippen LogP contribution in [0.1, 0.15) is 19.4 Å². The minimum absolute atomic E-state index is 0.0546. The van der Waals surface area contributed by atoms with Crippen molar-refractivity contribution in [1.82, 2.24) is 9.62 Å². The molecule has 146 valence electrons. The van der Waals surface area contributed by atoms with Crippen molar-refractivity contribution in [2.75, 3.05) is 40.0 Å². The third kappa shape index (κ3) is 4.94.